The maximum Gasteiger partial charge on any atom is 0.307 e. The van der Waals surface area contributed by atoms with Gasteiger partial charge in [0.05, 0.1) is 5.92 Å². The molecule has 0 spiro atoms. The number of benzene rings is 1. The summed E-state index contributed by atoms with van der Waals surface area (Å²) in [5.74, 6) is 0.296. The molecular weight excluding hydrogens is 314 g/mol. The van der Waals surface area contributed by atoms with E-state index in [-0.39, 0.29) is 6.79 Å². The first-order valence-electron chi connectivity index (χ1n) is 5.96. The Labute approximate surface area is 120 Å². The largest absolute Gasteiger partial charge is 0.481 e. The molecule has 0 aromatic heterocycles. The highest BCUT2D eigenvalue weighted by Crippen LogP contribution is 2.37. The van der Waals surface area contributed by atoms with Crippen LogP contribution < -0.4 is 9.47 Å². The number of halogens is 1. The molecule has 2 rings (SSSR count). The van der Waals surface area contributed by atoms with Crippen molar-refractivity contribution < 1.29 is 19.4 Å². The van der Waals surface area contributed by atoms with E-state index in [0.717, 1.165) is 21.5 Å². The molecule has 1 aliphatic rings. The van der Waals surface area contributed by atoms with Crippen molar-refractivity contribution >= 4 is 21.9 Å². The normalized spacial score (nSPS) is 14.7. The number of rotatable bonds is 5. The molecule has 0 aliphatic carbocycles. The molecule has 1 N–H and O–H groups in total. The lowest BCUT2D eigenvalue weighted by Crippen LogP contribution is -2.28. The van der Waals surface area contributed by atoms with Gasteiger partial charge in [0.15, 0.2) is 11.5 Å². The van der Waals surface area contributed by atoms with Crippen LogP contribution in [0.15, 0.2) is 16.6 Å². The van der Waals surface area contributed by atoms with E-state index in [9.17, 15) is 4.79 Å². The van der Waals surface area contributed by atoms with Crippen molar-refractivity contribution in [3.8, 4) is 11.5 Å². The minimum absolute atomic E-state index is 0.247. The minimum Gasteiger partial charge on any atom is -0.481 e. The molecule has 0 radical (unpaired) electrons. The summed E-state index contributed by atoms with van der Waals surface area (Å²) in [5, 5.41) is 8.91. The van der Waals surface area contributed by atoms with Gasteiger partial charge in [0.1, 0.15) is 0 Å². The highest BCUT2D eigenvalue weighted by molar-refractivity contribution is 9.10. The topological polar surface area (TPSA) is 59.0 Å². The maximum absolute atomic E-state index is 10.8. The Balaban J connectivity index is 2.05. The van der Waals surface area contributed by atoms with E-state index < -0.39 is 11.9 Å². The minimum atomic E-state index is -0.781. The lowest BCUT2D eigenvalue weighted by Gasteiger charge is -2.20. The molecule has 0 saturated carbocycles. The van der Waals surface area contributed by atoms with Crippen molar-refractivity contribution in [3.05, 3.63) is 22.2 Å². The van der Waals surface area contributed by atoms with Gasteiger partial charge in [0.2, 0.25) is 6.79 Å². The van der Waals surface area contributed by atoms with E-state index in [1.54, 1.807) is 6.92 Å². The summed E-state index contributed by atoms with van der Waals surface area (Å²) in [6.45, 7) is 3.09. The standard InChI is InChI=1S/C13H16BrNO4/c1-8(13(16)17)5-15(2)6-9-3-11-12(4-10(9)14)19-7-18-11/h3-4,8H,5-7H2,1-2H3,(H,16,17). The average molecular weight is 330 g/mol. The van der Waals surface area contributed by atoms with E-state index in [2.05, 4.69) is 15.9 Å². The second-order valence-electron chi connectivity index (χ2n) is 4.73. The number of nitrogens with zero attached hydrogens (tertiary/aromatic N) is 1. The fourth-order valence-electron chi connectivity index (χ4n) is 1.98. The second kappa shape index (κ2) is 5.79. The number of fused-ring (bicyclic) bond motifs is 1. The highest BCUT2D eigenvalue weighted by Gasteiger charge is 2.18. The second-order valence-corrected chi connectivity index (χ2v) is 5.59. The van der Waals surface area contributed by atoms with Crippen molar-refractivity contribution in [2.75, 3.05) is 20.4 Å². The number of hydrogen-bond acceptors (Lipinski definition) is 4. The zero-order valence-corrected chi connectivity index (χ0v) is 12.4. The van der Waals surface area contributed by atoms with Crippen LogP contribution in [0.4, 0.5) is 0 Å². The van der Waals surface area contributed by atoms with Gasteiger partial charge in [0.25, 0.3) is 0 Å². The Bertz CT molecular complexity index is 492. The summed E-state index contributed by atoms with van der Waals surface area (Å²) >= 11 is 3.49. The fraction of sp³-hybridized carbons (Fsp3) is 0.462. The summed E-state index contributed by atoms with van der Waals surface area (Å²) in [7, 11) is 1.90. The number of aliphatic carboxylic acids is 1. The van der Waals surface area contributed by atoms with Gasteiger partial charge >= 0.3 is 5.97 Å². The van der Waals surface area contributed by atoms with Crippen LogP contribution in [0.5, 0.6) is 11.5 Å². The first-order valence-corrected chi connectivity index (χ1v) is 6.76. The van der Waals surface area contributed by atoms with Crippen molar-refractivity contribution in [3.63, 3.8) is 0 Å². The van der Waals surface area contributed by atoms with Crippen molar-refractivity contribution in [2.24, 2.45) is 5.92 Å². The highest BCUT2D eigenvalue weighted by atomic mass is 79.9. The Morgan fingerprint density at radius 1 is 1.47 bits per heavy atom. The number of ether oxygens (including phenoxy) is 2. The van der Waals surface area contributed by atoms with E-state index in [1.165, 1.54) is 0 Å². The van der Waals surface area contributed by atoms with Crippen LogP contribution in [-0.4, -0.2) is 36.4 Å². The molecule has 1 heterocycles. The zero-order valence-electron chi connectivity index (χ0n) is 10.9. The average Bonchev–Trinajstić information content (AvgIpc) is 2.76. The SMILES string of the molecule is CC(CN(C)Cc1cc2c(cc1Br)OCO2)C(=O)O. The predicted octanol–water partition coefficient (Wildman–Crippen LogP) is 2.33. The molecule has 1 unspecified atom stereocenters. The summed E-state index contributed by atoms with van der Waals surface area (Å²) < 4.78 is 11.6. The molecule has 6 heteroatoms. The van der Waals surface area contributed by atoms with Crippen LogP contribution in [0.25, 0.3) is 0 Å². The van der Waals surface area contributed by atoms with E-state index in [0.29, 0.717) is 13.1 Å². The third-order valence-corrected chi connectivity index (χ3v) is 3.73. The number of carboxylic acids is 1. The zero-order chi connectivity index (χ0) is 14.0. The molecule has 1 atom stereocenters. The van der Waals surface area contributed by atoms with Crippen molar-refractivity contribution in [1.82, 2.24) is 4.90 Å². The molecule has 0 bridgehead atoms. The van der Waals surface area contributed by atoms with Crippen LogP contribution in [0.1, 0.15) is 12.5 Å². The smallest absolute Gasteiger partial charge is 0.307 e. The fourth-order valence-corrected chi connectivity index (χ4v) is 2.43. The van der Waals surface area contributed by atoms with Gasteiger partial charge in [-0.1, -0.05) is 22.9 Å². The monoisotopic (exact) mass is 329 g/mol. The van der Waals surface area contributed by atoms with Crippen LogP contribution in [0, 0.1) is 5.92 Å². The molecule has 1 aromatic rings. The van der Waals surface area contributed by atoms with Gasteiger partial charge in [-0.2, -0.15) is 0 Å². The Kier molecular flexibility index (Phi) is 4.31. The van der Waals surface area contributed by atoms with Gasteiger partial charge in [-0.3, -0.25) is 4.79 Å². The quantitative estimate of drug-likeness (QED) is 0.898. The third-order valence-electron chi connectivity index (χ3n) is 2.99. The van der Waals surface area contributed by atoms with Gasteiger partial charge < -0.3 is 19.5 Å². The molecule has 19 heavy (non-hydrogen) atoms. The maximum atomic E-state index is 10.8. The molecule has 5 nitrogen and oxygen atoms in total. The number of carbonyl (C=O) groups is 1. The number of hydrogen-bond donors (Lipinski definition) is 1. The van der Waals surface area contributed by atoms with Crippen LogP contribution in [0.3, 0.4) is 0 Å². The molecule has 0 fully saturated rings. The summed E-state index contributed by atoms with van der Waals surface area (Å²) in [4.78, 5) is 12.8. The molecule has 0 amide bonds. The van der Waals surface area contributed by atoms with Gasteiger partial charge in [-0.15, -0.1) is 0 Å². The van der Waals surface area contributed by atoms with E-state index >= 15 is 0 Å². The Morgan fingerprint density at radius 2 is 2.11 bits per heavy atom. The van der Waals surface area contributed by atoms with E-state index in [1.807, 2.05) is 24.1 Å². The molecule has 104 valence electrons. The first kappa shape index (κ1) is 14.1. The number of carboxylic acid groups (broad SMARTS) is 1. The Hall–Kier alpha value is -1.27. The first-order chi connectivity index (χ1) is 8.97. The third kappa shape index (κ3) is 3.39. The summed E-state index contributed by atoms with van der Waals surface area (Å²) in [5.41, 5.74) is 1.05. The summed E-state index contributed by atoms with van der Waals surface area (Å²) in [6, 6.07) is 3.81. The molecular formula is C13H16BrNO4. The summed E-state index contributed by atoms with van der Waals surface area (Å²) in [6.07, 6.45) is 0. The van der Waals surface area contributed by atoms with Crippen LogP contribution in [-0.2, 0) is 11.3 Å². The molecule has 0 saturated heterocycles. The van der Waals surface area contributed by atoms with Crippen molar-refractivity contribution in [2.45, 2.75) is 13.5 Å². The lowest BCUT2D eigenvalue weighted by molar-refractivity contribution is -0.141. The van der Waals surface area contributed by atoms with Crippen LogP contribution >= 0.6 is 15.9 Å². The van der Waals surface area contributed by atoms with Crippen LogP contribution in [0.2, 0.25) is 0 Å². The van der Waals surface area contributed by atoms with Crippen molar-refractivity contribution in [1.29, 1.82) is 0 Å². The van der Waals surface area contributed by atoms with Gasteiger partial charge in [0, 0.05) is 17.6 Å². The predicted molar refractivity (Wildman–Crippen MR) is 73.4 cm³/mol. The Morgan fingerprint density at radius 3 is 2.74 bits per heavy atom. The van der Waals surface area contributed by atoms with Gasteiger partial charge in [-0.25, -0.2) is 0 Å². The van der Waals surface area contributed by atoms with E-state index in [4.69, 9.17) is 14.6 Å². The molecule has 1 aliphatic heterocycles. The van der Waals surface area contributed by atoms with Gasteiger partial charge in [-0.05, 0) is 24.7 Å². The lowest BCUT2D eigenvalue weighted by atomic mass is 10.1. The molecule has 1 aromatic carbocycles.